The van der Waals surface area contributed by atoms with Crippen LogP contribution < -0.4 is 4.74 Å². The minimum Gasteiger partial charge on any atom is -0.496 e. The van der Waals surface area contributed by atoms with Crippen LogP contribution in [0.1, 0.15) is 18.9 Å². The van der Waals surface area contributed by atoms with Crippen molar-refractivity contribution in [3.05, 3.63) is 42.0 Å². The van der Waals surface area contributed by atoms with E-state index in [1.165, 1.54) is 5.57 Å². The summed E-state index contributed by atoms with van der Waals surface area (Å²) < 4.78 is 5.39. The number of methoxy groups -OCH3 is 1. The van der Waals surface area contributed by atoms with Gasteiger partial charge in [0.1, 0.15) is 5.75 Å². The number of benzene rings is 1. The summed E-state index contributed by atoms with van der Waals surface area (Å²) in [6.07, 6.45) is 2.67. The highest BCUT2D eigenvalue weighted by molar-refractivity contribution is 5.49. The molecule has 0 saturated carbocycles. The first-order valence-corrected chi connectivity index (χ1v) is 6.68. The molecule has 0 bridgehead atoms. The van der Waals surface area contributed by atoms with E-state index < -0.39 is 0 Å². The van der Waals surface area contributed by atoms with Gasteiger partial charge < -0.3 is 9.64 Å². The lowest BCUT2D eigenvalue weighted by Gasteiger charge is -2.39. The Labute approximate surface area is 114 Å². The zero-order valence-corrected chi connectivity index (χ0v) is 11.6. The van der Waals surface area contributed by atoms with E-state index in [1.54, 1.807) is 7.11 Å². The molecule has 1 saturated heterocycles. The average molecular weight is 259 g/mol. The van der Waals surface area contributed by atoms with Gasteiger partial charge in [0, 0.05) is 12.6 Å². The first-order valence-electron chi connectivity index (χ1n) is 6.68. The van der Waals surface area contributed by atoms with Gasteiger partial charge in [-0.3, -0.25) is 4.79 Å². The topological polar surface area (TPSA) is 29.5 Å². The van der Waals surface area contributed by atoms with Crippen molar-refractivity contribution < 1.29 is 9.53 Å². The lowest BCUT2D eigenvalue weighted by molar-refractivity contribution is -0.121. The number of nitrogens with zero attached hydrogens (tertiary/aromatic N) is 1. The number of hydrogen-bond acceptors (Lipinski definition) is 2. The van der Waals surface area contributed by atoms with Gasteiger partial charge >= 0.3 is 0 Å². The summed E-state index contributed by atoms with van der Waals surface area (Å²) in [6, 6.07) is 8.17. The van der Waals surface area contributed by atoms with Gasteiger partial charge in [0.05, 0.1) is 7.11 Å². The summed E-state index contributed by atoms with van der Waals surface area (Å²) in [5.41, 5.74) is 2.38. The van der Waals surface area contributed by atoms with Crippen LogP contribution in [0.15, 0.2) is 36.4 Å². The maximum absolute atomic E-state index is 11.2. The van der Waals surface area contributed by atoms with Gasteiger partial charge in [0.25, 0.3) is 0 Å². The summed E-state index contributed by atoms with van der Waals surface area (Å²) >= 11 is 0. The average Bonchev–Trinajstić information content (AvgIpc) is 2.44. The molecule has 1 amide bonds. The van der Waals surface area contributed by atoms with E-state index >= 15 is 0 Å². The zero-order chi connectivity index (χ0) is 13.8. The number of likely N-dealkylation sites (tertiary alicyclic amines) is 1. The Morgan fingerprint density at radius 2 is 2.21 bits per heavy atom. The van der Waals surface area contributed by atoms with Crippen molar-refractivity contribution in [2.75, 3.05) is 13.7 Å². The van der Waals surface area contributed by atoms with Crippen LogP contribution in [0.5, 0.6) is 5.75 Å². The highest BCUT2D eigenvalue weighted by Gasteiger charge is 2.30. The molecule has 102 valence electrons. The molecule has 0 aliphatic carbocycles. The molecule has 1 aliphatic rings. The van der Waals surface area contributed by atoms with E-state index in [-0.39, 0.29) is 6.04 Å². The summed E-state index contributed by atoms with van der Waals surface area (Å²) in [7, 11) is 1.68. The highest BCUT2D eigenvalue weighted by Crippen LogP contribution is 2.30. The minimum atomic E-state index is 0.176. The smallest absolute Gasteiger partial charge is 0.209 e. The molecule has 19 heavy (non-hydrogen) atoms. The van der Waals surface area contributed by atoms with E-state index in [4.69, 9.17) is 4.74 Å². The van der Waals surface area contributed by atoms with Crippen LogP contribution in [0.4, 0.5) is 0 Å². The maximum Gasteiger partial charge on any atom is 0.209 e. The number of carbonyl (C=O) groups is 1. The van der Waals surface area contributed by atoms with Gasteiger partial charge in [-0.25, -0.2) is 0 Å². The van der Waals surface area contributed by atoms with E-state index in [0.29, 0.717) is 5.92 Å². The Morgan fingerprint density at radius 3 is 2.89 bits per heavy atom. The van der Waals surface area contributed by atoms with Crippen molar-refractivity contribution in [1.82, 2.24) is 4.90 Å². The summed E-state index contributed by atoms with van der Waals surface area (Å²) in [5.74, 6) is 1.21. The van der Waals surface area contributed by atoms with Crippen molar-refractivity contribution in [3.8, 4) is 5.75 Å². The number of amides is 1. The molecule has 2 rings (SSSR count). The first-order chi connectivity index (χ1) is 9.17. The second-order valence-corrected chi connectivity index (χ2v) is 5.12. The monoisotopic (exact) mass is 259 g/mol. The molecule has 1 heterocycles. The van der Waals surface area contributed by atoms with Crippen LogP contribution in [-0.2, 0) is 11.2 Å². The Bertz CT molecular complexity index is 468. The van der Waals surface area contributed by atoms with E-state index in [1.807, 2.05) is 23.1 Å². The van der Waals surface area contributed by atoms with Crippen molar-refractivity contribution >= 4 is 6.41 Å². The largest absolute Gasteiger partial charge is 0.496 e. The molecule has 0 radical (unpaired) electrons. The predicted molar refractivity (Wildman–Crippen MR) is 76.2 cm³/mol. The maximum atomic E-state index is 11.2. The van der Waals surface area contributed by atoms with Gasteiger partial charge in [-0.15, -0.1) is 0 Å². The van der Waals surface area contributed by atoms with Crippen molar-refractivity contribution in [2.45, 2.75) is 25.8 Å². The van der Waals surface area contributed by atoms with Crippen LogP contribution in [0.25, 0.3) is 0 Å². The number of piperidine rings is 1. The minimum absolute atomic E-state index is 0.176. The molecule has 0 spiro atoms. The molecule has 3 nitrogen and oxygen atoms in total. The second kappa shape index (κ2) is 5.91. The molecule has 3 heteroatoms. The molecule has 1 aromatic carbocycles. The number of hydrogen-bond donors (Lipinski definition) is 0. The Morgan fingerprint density at radius 1 is 1.47 bits per heavy atom. The predicted octanol–water partition coefficient (Wildman–Crippen LogP) is 2.66. The van der Waals surface area contributed by atoms with Crippen molar-refractivity contribution in [1.29, 1.82) is 0 Å². The molecule has 2 atom stereocenters. The van der Waals surface area contributed by atoms with Crippen LogP contribution >= 0.6 is 0 Å². The normalized spacial score (nSPS) is 23.3. The Hall–Kier alpha value is -1.77. The molecular formula is C16H21NO2. The molecule has 2 unspecified atom stereocenters. The van der Waals surface area contributed by atoms with E-state index in [2.05, 4.69) is 19.6 Å². The standard InChI is InChI=1S/C16H21NO2/c1-12-8-9-17(11-18)15(13(12)2)10-14-6-4-5-7-16(14)19-3/h4-7,11,13,15H,1,8-10H2,2-3H3. The number of rotatable bonds is 4. The SMILES string of the molecule is C=C1CCN(C=O)C(Cc2ccccc2OC)C1C. The fourth-order valence-corrected chi connectivity index (χ4v) is 2.75. The molecule has 1 aromatic rings. The third-order valence-electron chi connectivity index (χ3n) is 4.10. The lowest BCUT2D eigenvalue weighted by atomic mass is 9.83. The van der Waals surface area contributed by atoms with Crippen LogP contribution in [0.2, 0.25) is 0 Å². The highest BCUT2D eigenvalue weighted by atomic mass is 16.5. The number of carbonyl (C=O) groups excluding carboxylic acids is 1. The number of para-hydroxylation sites is 1. The van der Waals surface area contributed by atoms with Crippen molar-refractivity contribution in [3.63, 3.8) is 0 Å². The van der Waals surface area contributed by atoms with Gasteiger partial charge in [-0.1, -0.05) is 37.3 Å². The molecular weight excluding hydrogens is 238 g/mol. The molecule has 0 N–H and O–H groups in total. The van der Waals surface area contributed by atoms with Crippen molar-refractivity contribution in [2.24, 2.45) is 5.92 Å². The molecule has 0 aromatic heterocycles. The lowest BCUT2D eigenvalue weighted by Crippen LogP contribution is -2.45. The third-order valence-corrected chi connectivity index (χ3v) is 4.10. The van der Waals surface area contributed by atoms with E-state index in [9.17, 15) is 4.79 Å². The van der Waals surface area contributed by atoms with Crippen LogP contribution in [-0.4, -0.2) is 31.0 Å². The quantitative estimate of drug-likeness (QED) is 0.614. The van der Waals surface area contributed by atoms with Gasteiger partial charge in [-0.05, 0) is 30.4 Å². The van der Waals surface area contributed by atoms with Gasteiger partial charge in [0.15, 0.2) is 0 Å². The van der Waals surface area contributed by atoms with Crippen LogP contribution in [0.3, 0.4) is 0 Å². The fourth-order valence-electron chi connectivity index (χ4n) is 2.75. The summed E-state index contributed by atoms with van der Waals surface area (Å²) in [4.78, 5) is 13.1. The first kappa shape index (κ1) is 13.7. The van der Waals surface area contributed by atoms with E-state index in [0.717, 1.165) is 37.1 Å². The van der Waals surface area contributed by atoms with Crippen LogP contribution in [0, 0.1) is 5.92 Å². The van der Waals surface area contributed by atoms with Gasteiger partial charge in [-0.2, -0.15) is 0 Å². The zero-order valence-electron chi connectivity index (χ0n) is 11.6. The Kier molecular flexibility index (Phi) is 4.25. The number of ether oxygens (including phenoxy) is 1. The molecule has 1 fully saturated rings. The Balaban J connectivity index is 2.23. The second-order valence-electron chi connectivity index (χ2n) is 5.12. The summed E-state index contributed by atoms with van der Waals surface area (Å²) in [6.45, 7) is 7.05. The fraction of sp³-hybridized carbons (Fsp3) is 0.438. The third kappa shape index (κ3) is 2.80. The summed E-state index contributed by atoms with van der Waals surface area (Å²) in [5, 5.41) is 0. The molecule has 1 aliphatic heterocycles. The van der Waals surface area contributed by atoms with Gasteiger partial charge in [0.2, 0.25) is 6.41 Å².